The zero-order valence-corrected chi connectivity index (χ0v) is 44.4. The van der Waals surface area contributed by atoms with Crippen LogP contribution in [0.2, 0.25) is 5.15 Å². The minimum atomic E-state index is -0.493. The first-order valence-electron chi connectivity index (χ1n) is 23.9. The van der Waals surface area contributed by atoms with E-state index in [9.17, 15) is 19.2 Å². The van der Waals surface area contributed by atoms with Crippen LogP contribution in [0.15, 0.2) is 38.1 Å². The van der Waals surface area contributed by atoms with Crippen molar-refractivity contribution in [2.45, 2.75) is 189 Å². The van der Waals surface area contributed by atoms with Crippen molar-refractivity contribution in [1.29, 1.82) is 0 Å². The van der Waals surface area contributed by atoms with Crippen molar-refractivity contribution in [3.63, 3.8) is 0 Å². The molecule has 7 N–H and O–H groups in total. The number of carbonyl (C=O) groups excluding carboxylic acids is 2. The number of nitrogens with one attached hydrogen (secondary N) is 3. The number of esters is 1. The number of thiocarbonyl (C=S) groups is 1. The number of hydrogen-bond acceptors (Lipinski definition) is 16. The molecule has 3 aromatic heterocycles. The Hall–Kier alpha value is -3.28. The van der Waals surface area contributed by atoms with Crippen molar-refractivity contribution in [3.05, 3.63) is 65.9 Å². The number of carbonyl (C=O) groups is 2. The van der Waals surface area contributed by atoms with E-state index < -0.39 is 5.97 Å². The van der Waals surface area contributed by atoms with E-state index in [0.717, 1.165) is 55.6 Å². The van der Waals surface area contributed by atoms with Crippen molar-refractivity contribution >= 4 is 76.4 Å². The van der Waals surface area contributed by atoms with E-state index in [1.54, 1.807) is 6.07 Å². The standard InChI is InChI=1S/C12H17ClN2OS.C12H18N2O2S.C11H16N2O2S.C11H18O4.CH4N2S/c1-17-12-14-9(7-11(13)15-12)8-16-10-5-3-2-4-6-10;1-17-12-13-9(7-11(15)14-12)8-16-10-5-3-2-4-6-10;14-10-6-8(12-11(16)13-10)7-15-9-4-2-1-3-5-9;1-14-11(13)7-9(12)8-15-10-5-3-2-4-6-10;2-1(3)4/h7,10H,2-6,8H2,1H3;7,10H,2-6,8H2,1H3,(H,13,14,15);6,9H,1-5,7H2,(H2,12,13,14,16);10H,2-8H2,1H3;(H4,2,3,4). The van der Waals surface area contributed by atoms with Crippen LogP contribution in [0, 0.1) is 4.77 Å². The first-order chi connectivity index (χ1) is 33.2. The first-order valence-corrected chi connectivity index (χ1v) is 27.5. The van der Waals surface area contributed by atoms with Gasteiger partial charge in [-0.25, -0.2) is 15.0 Å². The van der Waals surface area contributed by atoms with Crippen molar-refractivity contribution in [3.8, 4) is 0 Å². The number of hydrogen-bond donors (Lipinski definition) is 5. The lowest BCUT2D eigenvalue weighted by molar-refractivity contribution is -0.145. The van der Waals surface area contributed by atoms with Gasteiger partial charge in [-0.05, 0) is 94.4 Å². The summed E-state index contributed by atoms with van der Waals surface area (Å²) in [5.74, 6) is -0.695. The molecule has 17 nitrogen and oxygen atoms in total. The van der Waals surface area contributed by atoms with Crippen LogP contribution >= 0.6 is 59.6 Å². The smallest absolute Gasteiger partial charge is 0.313 e. The summed E-state index contributed by atoms with van der Waals surface area (Å²) < 4.78 is 27.6. The fourth-order valence-corrected chi connectivity index (χ4v) is 9.19. The molecule has 0 radical (unpaired) electrons. The number of aromatic nitrogens is 6. The summed E-state index contributed by atoms with van der Waals surface area (Å²) in [7, 11) is 1.28. The minimum absolute atomic E-state index is 0.000000000000000222. The van der Waals surface area contributed by atoms with Crippen LogP contribution in [-0.2, 0) is 53.1 Å². The highest BCUT2D eigenvalue weighted by Crippen LogP contribution is 2.24. The van der Waals surface area contributed by atoms with Gasteiger partial charge < -0.3 is 45.1 Å². The van der Waals surface area contributed by atoms with Gasteiger partial charge in [-0.15, -0.1) is 0 Å². The van der Waals surface area contributed by atoms with Gasteiger partial charge >= 0.3 is 5.97 Å². The second-order valence-corrected chi connectivity index (χ2v) is 19.8. The Labute approximate surface area is 430 Å². The predicted molar refractivity (Wildman–Crippen MR) is 278 cm³/mol. The molecule has 0 aromatic carbocycles. The second-order valence-electron chi connectivity index (χ2n) is 17.0. The Kier molecular flexibility index (Phi) is 31.1. The Morgan fingerprint density at radius 3 is 1.55 bits per heavy atom. The molecule has 4 aliphatic rings. The minimum Gasteiger partial charge on any atom is -0.469 e. The van der Waals surface area contributed by atoms with Crippen LogP contribution in [0.3, 0.4) is 0 Å². The highest BCUT2D eigenvalue weighted by molar-refractivity contribution is 7.98. The normalized spacial score (nSPS) is 16.7. The maximum Gasteiger partial charge on any atom is 0.313 e. The zero-order valence-electron chi connectivity index (χ0n) is 40.4. The predicted octanol–water partition coefficient (Wildman–Crippen LogP) is 8.98. The molecule has 4 aliphatic carbocycles. The molecule has 0 bridgehead atoms. The van der Waals surface area contributed by atoms with Crippen LogP contribution in [0.5, 0.6) is 0 Å². The molecule has 0 spiro atoms. The lowest BCUT2D eigenvalue weighted by Gasteiger charge is -2.21. The van der Waals surface area contributed by atoms with E-state index in [4.69, 9.17) is 42.8 Å². The summed E-state index contributed by atoms with van der Waals surface area (Å²) in [5.41, 5.74) is 11.3. The van der Waals surface area contributed by atoms with E-state index in [2.05, 4.69) is 58.3 Å². The van der Waals surface area contributed by atoms with Crippen molar-refractivity contribution in [2.24, 2.45) is 11.5 Å². The highest BCUT2D eigenvalue weighted by Gasteiger charge is 2.18. The highest BCUT2D eigenvalue weighted by atomic mass is 35.5. The SMILES string of the molecule is COC(=O)CC(=O)COC1CCCCC1.CSc1nc(COC2CCCCC2)cc(=O)[nH]1.CSc1nc(Cl)cc(COC2CCCCC2)n1.NC(N)=S.O=c1cc(COC2CCCCC2)[nH]c(=S)[nH]1. The van der Waals surface area contributed by atoms with E-state index in [1.165, 1.54) is 133 Å². The Morgan fingerprint density at radius 2 is 1.10 bits per heavy atom. The van der Waals surface area contributed by atoms with Crippen LogP contribution in [0.1, 0.15) is 152 Å². The van der Waals surface area contributed by atoms with Crippen molar-refractivity contribution in [1.82, 2.24) is 29.9 Å². The number of Topliss-reactive ketones (excluding diaryl/α,β-unsaturated/α-hetero) is 1. The summed E-state index contributed by atoms with van der Waals surface area (Å²) in [6.45, 7) is 1.47. The van der Waals surface area contributed by atoms with E-state index >= 15 is 0 Å². The molecule has 0 amide bonds. The van der Waals surface area contributed by atoms with E-state index in [-0.39, 0.29) is 41.1 Å². The third-order valence-electron chi connectivity index (χ3n) is 11.4. The molecule has 0 saturated heterocycles. The topological polar surface area (TPSA) is 253 Å². The number of H-pyrrole nitrogens is 3. The van der Waals surface area contributed by atoms with Gasteiger partial charge in [-0.3, -0.25) is 24.2 Å². The van der Waals surface area contributed by atoms with Gasteiger partial charge in [-0.1, -0.05) is 112 Å². The lowest BCUT2D eigenvalue weighted by Crippen LogP contribution is -2.22. The van der Waals surface area contributed by atoms with Crippen LogP contribution in [0.25, 0.3) is 0 Å². The van der Waals surface area contributed by atoms with Crippen molar-refractivity contribution in [2.75, 3.05) is 26.2 Å². The molecule has 4 fully saturated rings. The van der Waals surface area contributed by atoms with Gasteiger partial charge in [0.25, 0.3) is 11.1 Å². The third kappa shape index (κ3) is 28.4. The lowest BCUT2D eigenvalue weighted by atomic mass is 9.98. The summed E-state index contributed by atoms with van der Waals surface area (Å²) in [4.78, 5) is 65.4. The molecule has 3 heterocycles. The Morgan fingerprint density at radius 1 is 0.652 bits per heavy atom. The molecule has 22 heteroatoms. The molecule has 0 aliphatic heterocycles. The number of halogens is 1. The number of aromatic amines is 3. The number of thioether (sulfide) groups is 2. The van der Waals surface area contributed by atoms with E-state index in [1.807, 2.05) is 12.5 Å². The molecule has 3 aromatic rings. The molecule has 4 saturated carbocycles. The number of nitrogens with two attached hydrogens (primary N) is 2. The molecular formula is C47H73ClN8O9S4. The molecule has 0 atom stereocenters. The summed E-state index contributed by atoms with van der Waals surface area (Å²) in [6, 6.07) is 4.80. The molecule has 69 heavy (non-hydrogen) atoms. The van der Waals surface area contributed by atoms with Gasteiger partial charge in [0.15, 0.2) is 26.0 Å². The average molecular weight is 1060 g/mol. The van der Waals surface area contributed by atoms with Gasteiger partial charge in [0, 0.05) is 17.8 Å². The van der Waals surface area contributed by atoms with Crippen LogP contribution < -0.4 is 22.6 Å². The van der Waals surface area contributed by atoms with Gasteiger partial charge in [0.2, 0.25) is 0 Å². The zero-order chi connectivity index (χ0) is 50.2. The van der Waals surface area contributed by atoms with Gasteiger partial charge in [-0.2, -0.15) is 0 Å². The average Bonchev–Trinajstić information content (AvgIpc) is 3.35. The first kappa shape index (κ1) is 60.0. The number of methoxy groups -OCH3 is 1. The van der Waals surface area contributed by atoms with Crippen molar-refractivity contribution < 1.29 is 33.3 Å². The van der Waals surface area contributed by atoms with Crippen LogP contribution in [-0.4, -0.2) is 97.4 Å². The fraction of sp³-hybridized carbons (Fsp3) is 0.681. The maximum absolute atomic E-state index is 11.4. The number of ketones is 1. The number of rotatable bonds is 16. The number of ether oxygens (including phenoxy) is 5. The second kappa shape index (κ2) is 35.8. The summed E-state index contributed by atoms with van der Waals surface area (Å²) in [6.07, 6.45) is 29.1. The summed E-state index contributed by atoms with van der Waals surface area (Å²) >= 11 is 17.8. The van der Waals surface area contributed by atoms with Crippen LogP contribution in [0.4, 0.5) is 0 Å². The largest absolute Gasteiger partial charge is 0.469 e. The third-order valence-corrected chi connectivity index (χ3v) is 12.9. The van der Waals surface area contributed by atoms with E-state index in [0.29, 0.717) is 58.4 Å². The quantitative estimate of drug-likeness (QED) is 0.0224. The monoisotopic (exact) mass is 1060 g/mol. The summed E-state index contributed by atoms with van der Waals surface area (Å²) in [5, 5.41) is 1.85. The Bertz CT molecular complexity index is 2090. The maximum atomic E-state index is 11.4. The molecule has 0 unspecified atom stereocenters. The van der Waals surface area contributed by atoms with Gasteiger partial charge in [0.1, 0.15) is 18.2 Å². The molecule has 7 rings (SSSR count). The number of nitrogens with zero attached hydrogens (tertiary/aromatic N) is 3. The fourth-order valence-electron chi connectivity index (χ4n) is 7.89. The Balaban J connectivity index is 0.000000237. The molecule has 386 valence electrons. The van der Waals surface area contributed by atoms with Gasteiger partial charge in [0.05, 0.1) is 62.7 Å². The molecular weight excluding hydrogens is 984 g/mol.